The predicted octanol–water partition coefficient (Wildman–Crippen LogP) is -0.0470. The summed E-state index contributed by atoms with van der Waals surface area (Å²) in [5.41, 5.74) is -0.310. The van der Waals surface area contributed by atoms with Crippen LogP contribution in [0, 0.1) is 18.6 Å². The highest BCUT2D eigenvalue weighted by Crippen LogP contribution is 2.04. The highest BCUT2D eigenvalue weighted by atomic mass is 19.1. The van der Waals surface area contributed by atoms with Crippen LogP contribution < -0.4 is 5.46 Å². The molecule has 0 spiro atoms. The molecule has 0 saturated heterocycles. The number of hydrogen-bond acceptors (Lipinski definition) is 2. The second-order valence-corrected chi connectivity index (χ2v) is 2.52. The summed E-state index contributed by atoms with van der Waals surface area (Å²) in [4.78, 5) is 0. The van der Waals surface area contributed by atoms with Gasteiger partial charge >= 0.3 is 7.12 Å². The molecule has 0 aliphatic heterocycles. The van der Waals surface area contributed by atoms with E-state index in [1.54, 1.807) is 0 Å². The molecule has 64 valence electrons. The number of aryl methyl sites for hydroxylation is 1. The van der Waals surface area contributed by atoms with Crippen LogP contribution in [0.1, 0.15) is 5.56 Å². The third kappa shape index (κ3) is 1.62. The Morgan fingerprint density at radius 1 is 1.17 bits per heavy atom. The Labute approximate surface area is 68.6 Å². The van der Waals surface area contributed by atoms with Crippen molar-refractivity contribution in [1.29, 1.82) is 0 Å². The first-order valence-electron chi connectivity index (χ1n) is 3.34. The number of halogens is 2. The van der Waals surface area contributed by atoms with E-state index in [0.29, 0.717) is 5.56 Å². The molecule has 2 nitrogen and oxygen atoms in total. The second-order valence-electron chi connectivity index (χ2n) is 2.52. The van der Waals surface area contributed by atoms with E-state index in [9.17, 15) is 8.78 Å². The molecule has 0 bridgehead atoms. The normalized spacial score (nSPS) is 10.1. The first-order valence-corrected chi connectivity index (χ1v) is 3.34. The van der Waals surface area contributed by atoms with Gasteiger partial charge in [0.25, 0.3) is 0 Å². The summed E-state index contributed by atoms with van der Waals surface area (Å²) in [6, 6.07) is 2.08. The fourth-order valence-corrected chi connectivity index (χ4v) is 0.958. The Morgan fingerprint density at radius 2 is 1.58 bits per heavy atom. The standard InChI is InChI=1S/C7H7BF2O2/c1-4-2-5(9)7(8(11)12)6(10)3-4/h2-3,11-12H,1H3. The van der Waals surface area contributed by atoms with Gasteiger partial charge in [-0.05, 0) is 24.6 Å². The Morgan fingerprint density at radius 3 is 1.92 bits per heavy atom. The van der Waals surface area contributed by atoms with E-state index in [2.05, 4.69) is 0 Å². The summed E-state index contributed by atoms with van der Waals surface area (Å²) in [7, 11) is -2.11. The molecule has 2 N–H and O–H groups in total. The van der Waals surface area contributed by atoms with Crippen LogP contribution in [0.3, 0.4) is 0 Å². The second kappa shape index (κ2) is 3.20. The summed E-state index contributed by atoms with van der Waals surface area (Å²) >= 11 is 0. The Kier molecular flexibility index (Phi) is 2.44. The minimum atomic E-state index is -2.11. The number of benzene rings is 1. The van der Waals surface area contributed by atoms with Crippen LogP contribution in [0.4, 0.5) is 8.78 Å². The van der Waals surface area contributed by atoms with Gasteiger partial charge in [0.15, 0.2) is 0 Å². The van der Waals surface area contributed by atoms with Gasteiger partial charge in [-0.15, -0.1) is 0 Å². The molecule has 0 heterocycles. The maximum atomic E-state index is 12.8. The van der Waals surface area contributed by atoms with Crippen LogP contribution in [0.15, 0.2) is 12.1 Å². The SMILES string of the molecule is Cc1cc(F)c(B(O)O)c(F)c1. The van der Waals surface area contributed by atoms with E-state index in [1.165, 1.54) is 6.92 Å². The lowest BCUT2D eigenvalue weighted by Gasteiger charge is -2.03. The van der Waals surface area contributed by atoms with E-state index < -0.39 is 24.2 Å². The van der Waals surface area contributed by atoms with Crippen LogP contribution in [0.2, 0.25) is 0 Å². The lowest BCUT2D eigenvalue weighted by Crippen LogP contribution is -2.35. The summed E-state index contributed by atoms with van der Waals surface area (Å²) in [6.07, 6.45) is 0. The van der Waals surface area contributed by atoms with Gasteiger partial charge in [-0.1, -0.05) is 0 Å². The van der Waals surface area contributed by atoms with E-state index in [-0.39, 0.29) is 0 Å². The zero-order valence-corrected chi connectivity index (χ0v) is 6.38. The van der Waals surface area contributed by atoms with Gasteiger partial charge < -0.3 is 10.0 Å². The van der Waals surface area contributed by atoms with Gasteiger partial charge in [0.05, 0.1) is 5.46 Å². The van der Waals surface area contributed by atoms with Crippen molar-refractivity contribution in [2.45, 2.75) is 6.92 Å². The molecule has 0 amide bonds. The Balaban J connectivity index is 3.28. The molecule has 0 fully saturated rings. The quantitative estimate of drug-likeness (QED) is 0.583. The summed E-state index contributed by atoms with van der Waals surface area (Å²) in [6.45, 7) is 1.51. The smallest absolute Gasteiger partial charge is 0.423 e. The molecule has 0 saturated carbocycles. The summed E-state index contributed by atoms with van der Waals surface area (Å²) in [5, 5.41) is 17.1. The fraction of sp³-hybridized carbons (Fsp3) is 0.143. The van der Waals surface area contributed by atoms with Gasteiger partial charge in [0.1, 0.15) is 11.6 Å². The van der Waals surface area contributed by atoms with Crippen molar-refractivity contribution in [3.05, 3.63) is 29.3 Å². The Bertz CT molecular complexity index is 278. The van der Waals surface area contributed by atoms with E-state index in [4.69, 9.17) is 10.0 Å². The largest absolute Gasteiger partial charge is 0.494 e. The van der Waals surface area contributed by atoms with E-state index in [1.807, 2.05) is 0 Å². The molecule has 1 aromatic carbocycles. The van der Waals surface area contributed by atoms with Gasteiger partial charge in [-0.2, -0.15) is 0 Å². The average molecular weight is 172 g/mol. The van der Waals surface area contributed by atoms with Gasteiger partial charge in [0, 0.05) is 0 Å². The average Bonchev–Trinajstić information content (AvgIpc) is 1.82. The highest BCUT2D eigenvalue weighted by molar-refractivity contribution is 6.58. The zero-order valence-electron chi connectivity index (χ0n) is 6.38. The molecular weight excluding hydrogens is 165 g/mol. The summed E-state index contributed by atoms with van der Waals surface area (Å²) in [5.74, 6) is -1.88. The molecule has 0 aromatic heterocycles. The van der Waals surface area contributed by atoms with Crippen LogP contribution in [0.25, 0.3) is 0 Å². The monoisotopic (exact) mass is 172 g/mol. The number of hydrogen-bond donors (Lipinski definition) is 2. The topological polar surface area (TPSA) is 40.5 Å². The first-order chi connectivity index (χ1) is 5.52. The van der Waals surface area contributed by atoms with Gasteiger partial charge in [0.2, 0.25) is 0 Å². The molecule has 0 atom stereocenters. The Hall–Kier alpha value is -0.935. The zero-order chi connectivity index (χ0) is 9.30. The molecule has 0 aliphatic carbocycles. The molecule has 12 heavy (non-hydrogen) atoms. The van der Waals surface area contributed by atoms with Crippen molar-refractivity contribution in [3.8, 4) is 0 Å². The van der Waals surface area contributed by atoms with Gasteiger partial charge in [-0.25, -0.2) is 8.78 Å². The maximum absolute atomic E-state index is 12.8. The first kappa shape index (κ1) is 9.16. The molecule has 1 aromatic rings. The lowest BCUT2D eigenvalue weighted by atomic mass is 9.79. The highest BCUT2D eigenvalue weighted by Gasteiger charge is 2.21. The molecule has 0 radical (unpaired) electrons. The van der Waals surface area contributed by atoms with Crippen molar-refractivity contribution in [2.24, 2.45) is 0 Å². The lowest BCUT2D eigenvalue weighted by molar-refractivity contribution is 0.419. The van der Waals surface area contributed by atoms with Crippen LogP contribution >= 0.6 is 0 Å². The van der Waals surface area contributed by atoms with Crippen molar-refractivity contribution < 1.29 is 18.8 Å². The van der Waals surface area contributed by atoms with Crippen LogP contribution in [-0.4, -0.2) is 17.2 Å². The molecular formula is C7H7BF2O2. The predicted molar refractivity (Wildman–Crippen MR) is 40.9 cm³/mol. The third-order valence-electron chi connectivity index (χ3n) is 1.48. The fourth-order valence-electron chi connectivity index (χ4n) is 0.958. The molecule has 0 unspecified atom stereocenters. The molecule has 1 rings (SSSR count). The van der Waals surface area contributed by atoms with Crippen LogP contribution in [-0.2, 0) is 0 Å². The third-order valence-corrected chi connectivity index (χ3v) is 1.48. The van der Waals surface area contributed by atoms with Crippen molar-refractivity contribution in [3.63, 3.8) is 0 Å². The van der Waals surface area contributed by atoms with Crippen molar-refractivity contribution >= 4 is 12.6 Å². The maximum Gasteiger partial charge on any atom is 0.494 e. The molecule has 5 heteroatoms. The van der Waals surface area contributed by atoms with Crippen molar-refractivity contribution in [1.82, 2.24) is 0 Å². The minimum Gasteiger partial charge on any atom is -0.423 e. The minimum absolute atomic E-state index is 0.398. The van der Waals surface area contributed by atoms with E-state index >= 15 is 0 Å². The van der Waals surface area contributed by atoms with Crippen molar-refractivity contribution in [2.75, 3.05) is 0 Å². The number of rotatable bonds is 1. The van der Waals surface area contributed by atoms with Gasteiger partial charge in [-0.3, -0.25) is 0 Å². The van der Waals surface area contributed by atoms with E-state index in [0.717, 1.165) is 12.1 Å². The van der Waals surface area contributed by atoms with Crippen LogP contribution in [0.5, 0.6) is 0 Å². The molecule has 0 aliphatic rings. The summed E-state index contributed by atoms with van der Waals surface area (Å²) < 4.78 is 25.6.